The van der Waals surface area contributed by atoms with E-state index in [1.54, 1.807) is 6.07 Å². The van der Waals surface area contributed by atoms with Crippen LogP contribution >= 0.6 is 0 Å². The van der Waals surface area contributed by atoms with Gasteiger partial charge in [-0.25, -0.2) is 0 Å². The van der Waals surface area contributed by atoms with Crippen LogP contribution in [0.3, 0.4) is 0 Å². The lowest BCUT2D eigenvalue weighted by molar-refractivity contribution is -0.0937. The summed E-state index contributed by atoms with van der Waals surface area (Å²) >= 11 is 0. The van der Waals surface area contributed by atoms with Gasteiger partial charge in [0.15, 0.2) is 5.75 Å². The second-order valence-corrected chi connectivity index (χ2v) is 15.2. The van der Waals surface area contributed by atoms with E-state index in [2.05, 4.69) is 19.9 Å². The van der Waals surface area contributed by atoms with Gasteiger partial charge in [0.05, 0.1) is 0 Å². The van der Waals surface area contributed by atoms with Gasteiger partial charge in [-0.3, -0.25) is 4.55 Å². The molecule has 0 aliphatic heterocycles. The Morgan fingerprint density at radius 2 is 0.978 bits per heavy atom. The monoisotopic (exact) mass is 666 g/mol. The summed E-state index contributed by atoms with van der Waals surface area (Å²) in [5.74, 6) is 0.323. The van der Waals surface area contributed by atoms with Gasteiger partial charge in [-0.05, 0) is 49.4 Å². The van der Waals surface area contributed by atoms with Gasteiger partial charge in [0, 0.05) is 5.56 Å². The molecule has 0 saturated heterocycles. The molecule has 0 aliphatic carbocycles. The van der Waals surface area contributed by atoms with E-state index < -0.39 is 30.0 Å². The largest absolute Gasteiger partial charge is 0.333 e. The summed E-state index contributed by atoms with van der Waals surface area (Å²) in [5.41, 5.74) is 2.06. The fourth-order valence-corrected chi connectivity index (χ4v) is 7.78. The quantitative estimate of drug-likeness (QED) is 0.0437. The summed E-state index contributed by atoms with van der Waals surface area (Å²) in [6.45, 7) is 4.48. The van der Waals surface area contributed by atoms with Crippen molar-refractivity contribution in [1.82, 2.24) is 0 Å². The fourth-order valence-electron chi connectivity index (χ4n) is 5.79. The van der Waals surface area contributed by atoms with Gasteiger partial charge in [-0.1, -0.05) is 158 Å². The van der Waals surface area contributed by atoms with Crippen LogP contribution in [0.25, 0.3) is 0 Å². The molecule has 2 aromatic carbocycles. The minimum absolute atomic E-state index is 0.323. The summed E-state index contributed by atoms with van der Waals surface area (Å²) < 4.78 is 63.9. The van der Waals surface area contributed by atoms with Gasteiger partial charge < -0.3 is 4.89 Å². The van der Waals surface area contributed by atoms with E-state index in [0.29, 0.717) is 5.75 Å². The first-order chi connectivity index (χ1) is 21.7. The number of benzene rings is 2. The zero-order valence-electron chi connectivity index (χ0n) is 27.8. The highest BCUT2D eigenvalue weighted by atomic mass is 32.2. The number of unbranched alkanes of at least 4 members (excludes halogenated alkanes) is 18. The average molecular weight is 667 g/mol. The van der Waals surface area contributed by atoms with E-state index in [-0.39, 0.29) is 0 Å². The highest BCUT2D eigenvalue weighted by Crippen LogP contribution is 2.29. The number of rotatable bonds is 27. The second-order valence-electron chi connectivity index (χ2n) is 12.3. The molecule has 0 radical (unpaired) electrons. The first kappa shape index (κ1) is 39.2. The highest BCUT2D eigenvalue weighted by Gasteiger charge is 2.27. The van der Waals surface area contributed by atoms with Gasteiger partial charge in [0.2, 0.25) is 0 Å². The first-order valence-corrected chi connectivity index (χ1v) is 20.3. The van der Waals surface area contributed by atoms with E-state index >= 15 is 0 Å². The van der Waals surface area contributed by atoms with Gasteiger partial charge >= 0.3 is 10.1 Å². The molecular weight excluding hydrogens is 609 g/mol. The Bertz CT molecular complexity index is 1290. The molecule has 0 atom stereocenters. The Labute approximate surface area is 274 Å². The fraction of sp³-hybridized carbons (Fsp3) is 0.667. The molecule has 0 spiro atoms. The molecular formula is C36H58O7S2. The van der Waals surface area contributed by atoms with Gasteiger partial charge in [0.25, 0.3) is 10.1 Å². The van der Waals surface area contributed by atoms with E-state index in [4.69, 9.17) is 9.22 Å². The maximum absolute atomic E-state index is 13.0. The molecule has 0 saturated carbocycles. The van der Waals surface area contributed by atoms with Crippen molar-refractivity contribution >= 4 is 20.2 Å². The van der Waals surface area contributed by atoms with Gasteiger partial charge in [0.1, 0.15) is 9.79 Å². The van der Waals surface area contributed by atoms with Crippen molar-refractivity contribution in [2.45, 2.75) is 165 Å². The van der Waals surface area contributed by atoms with Crippen LogP contribution in [0, 0.1) is 0 Å². The summed E-state index contributed by atoms with van der Waals surface area (Å²) in [6.07, 6.45) is 26.4. The summed E-state index contributed by atoms with van der Waals surface area (Å²) in [4.78, 5) is 4.01. The Kier molecular flexibility index (Phi) is 19.7. The smallest absolute Gasteiger partial charge is 0.320 e. The molecule has 0 fully saturated rings. The van der Waals surface area contributed by atoms with Gasteiger partial charge in [-0.2, -0.15) is 16.8 Å². The molecule has 0 aromatic heterocycles. The summed E-state index contributed by atoms with van der Waals surface area (Å²) in [7, 11) is -9.43. The molecule has 2 aromatic rings. The zero-order chi connectivity index (χ0) is 32.8. The molecule has 2 rings (SSSR count). The van der Waals surface area contributed by atoms with Crippen LogP contribution in [0.1, 0.15) is 153 Å². The van der Waals surface area contributed by atoms with Crippen molar-refractivity contribution < 1.29 is 30.6 Å². The molecule has 7 nitrogen and oxygen atoms in total. The van der Waals surface area contributed by atoms with Crippen molar-refractivity contribution in [3.05, 3.63) is 53.6 Å². The summed E-state index contributed by atoms with van der Waals surface area (Å²) in [6, 6.07) is 10.4. The second kappa shape index (κ2) is 22.6. The molecule has 0 unspecified atom stereocenters. The molecule has 0 heterocycles. The van der Waals surface area contributed by atoms with Crippen molar-refractivity contribution in [3.8, 4) is 5.75 Å². The van der Waals surface area contributed by atoms with Crippen molar-refractivity contribution in [3.63, 3.8) is 0 Å². The van der Waals surface area contributed by atoms with E-state index in [1.165, 1.54) is 115 Å². The van der Waals surface area contributed by atoms with Crippen molar-refractivity contribution in [2.24, 2.45) is 0 Å². The normalized spacial score (nSPS) is 12.1. The predicted octanol–water partition coefficient (Wildman–Crippen LogP) is 10.6. The lowest BCUT2D eigenvalue weighted by atomic mass is 9.95. The van der Waals surface area contributed by atoms with Crippen molar-refractivity contribution in [2.75, 3.05) is 0 Å². The Hall–Kier alpha value is -1.94. The molecule has 45 heavy (non-hydrogen) atoms. The van der Waals surface area contributed by atoms with Crippen LogP contribution in [0.15, 0.2) is 52.3 Å². The van der Waals surface area contributed by atoms with Crippen LogP contribution in [-0.4, -0.2) is 21.4 Å². The van der Waals surface area contributed by atoms with Crippen LogP contribution in [-0.2, 0) is 37.4 Å². The van der Waals surface area contributed by atoms with E-state index in [9.17, 15) is 21.4 Å². The SMILES string of the molecule is CCCCCCCCCCCCc1cccc(OOS(=O)(=O)c2ccccc2S(=O)(=O)O)c1CCCCCCCCCCCC. The Morgan fingerprint density at radius 1 is 0.533 bits per heavy atom. The Morgan fingerprint density at radius 3 is 1.47 bits per heavy atom. The third-order valence-electron chi connectivity index (χ3n) is 8.42. The van der Waals surface area contributed by atoms with Crippen LogP contribution in [0.2, 0.25) is 0 Å². The molecule has 256 valence electrons. The zero-order valence-corrected chi connectivity index (χ0v) is 29.4. The van der Waals surface area contributed by atoms with Crippen LogP contribution in [0.5, 0.6) is 5.75 Å². The summed E-state index contributed by atoms with van der Waals surface area (Å²) in [5, 5.41) is 0. The van der Waals surface area contributed by atoms with Crippen molar-refractivity contribution in [1.29, 1.82) is 0 Å². The van der Waals surface area contributed by atoms with Crippen LogP contribution in [0.4, 0.5) is 0 Å². The third-order valence-corrected chi connectivity index (χ3v) is 10.6. The topological polar surface area (TPSA) is 107 Å². The minimum Gasteiger partial charge on any atom is -0.320 e. The molecule has 0 aliphatic rings. The molecule has 0 bridgehead atoms. The third kappa shape index (κ3) is 15.9. The van der Waals surface area contributed by atoms with Gasteiger partial charge in [-0.15, -0.1) is 0 Å². The minimum atomic E-state index is -4.78. The molecule has 9 heteroatoms. The average Bonchev–Trinajstić information content (AvgIpc) is 3.02. The molecule has 0 amide bonds. The number of hydrogen-bond donors (Lipinski definition) is 1. The Balaban J connectivity index is 2.00. The lowest BCUT2D eigenvalue weighted by Crippen LogP contribution is -2.14. The number of aryl methyl sites for hydroxylation is 1. The van der Waals surface area contributed by atoms with Crippen LogP contribution < -0.4 is 4.89 Å². The van der Waals surface area contributed by atoms with E-state index in [1.807, 2.05) is 6.07 Å². The standard InChI is InChI=1S/C36H58O7S2/c1-3-5-7-9-11-13-15-17-19-21-26-32-27-25-29-34(33(32)28-22-20-18-16-14-12-10-8-6-4-2)42-43-45(40,41)36-31-24-23-30-35(36)44(37,38)39/h23-25,27,29-31H,3-22,26,28H2,1-2H3,(H,37,38,39). The highest BCUT2D eigenvalue weighted by molar-refractivity contribution is 7.89. The first-order valence-electron chi connectivity index (χ1n) is 17.5. The van der Waals surface area contributed by atoms with E-state index in [0.717, 1.165) is 61.8 Å². The number of hydrogen-bond acceptors (Lipinski definition) is 6. The molecule has 1 N–H and O–H groups in total. The maximum Gasteiger partial charge on any atom is 0.333 e. The maximum atomic E-state index is 13.0. The predicted molar refractivity (Wildman–Crippen MR) is 183 cm³/mol. The lowest BCUT2D eigenvalue weighted by Gasteiger charge is -2.15.